The van der Waals surface area contributed by atoms with Gasteiger partial charge >= 0.3 is 0 Å². The van der Waals surface area contributed by atoms with Crippen molar-refractivity contribution in [2.45, 2.75) is 12.0 Å². The van der Waals surface area contributed by atoms with E-state index in [-0.39, 0.29) is 12.0 Å². The Morgan fingerprint density at radius 1 is 0.500 bits per heavy atom. The Bertz CT molecular complexity index is 2050. The van der Waals surface area contributed by atoms with Crippen LogP contribution in [0.3, 0.4) is 0 Å². The van der Waals surface area contributed by atoms with Crippen LogP contribution in [0.1, 0.15) is 28.7 Å². The quantitative estimate of drug-likeness (QED) is 0.210. The highest BCUT2D eigenvalue weighted by atomic mass is 32.1. The van der Waals surface area contributed by atoms with Crippen molar-refractivity contribution in [1.29, 1.82) is 0 Å². The minimum absolute atomic E-state index is 0.161. The number of benzene rings is 6. The van der Waals surface area contributed by atoms with Gasteiger partial charge < -0.3 is 4.90 Å². The lowest BCUT2D eigenvalue weighted by molar-refractivity contribution is 0.652. The van der Waals surface area contributed by atoms with Crippen molar-refractivity contribution in [1.82, 2.24) is 0 Å². The zero-order valence-electron chi connectivity index (χ0n) is 22.9. The number of anilines is 2. The lowest BCUT2D eigenvalue weighted by Crippen LogP contribution is -2.26. The summed E-state index contributed by atoms with van der Waals surface area (Å²) in [5.74, 6) is 0.244. The highest BCUT2D eigenvalue weighted by Crippen LogP contribution is 2.62. The fraction of sp³-hybridized carbons (Fsp3) is 0.0500. The molecule has 0 radical (unpaired) electrons. The largest absolute Gasteiger partial charge is 0.333 e. The average molecular weight is 554 g/mol. The lowest BCUT2D eigenvalue weighted by Gasteiger charge is -2.37. The molecule has 1 aromatic heterocycles. The summed E-state index contributed by atoms with van der Waals surface area (Å²) in [7, 11) is 0. The standard InChI is InChI=1S/C40H27NS/c1-3-11-26(12-4-1)29-23-30(27-13-5-2-6-14-27)25-31(24-29)41-36-20-19-28-21-22-42-40(28)38(36)37-34-17-9-7-15-32(34)33-16-8-10-18-35(33)39(37)41/h1-25,37,39H. The van der Waals surface area contributed by atoms with Crippen LogP contribution in [-0.2, 0) is 0 Å². The molecule has 0 amide bonds. The average Bonchev–Trinajstić information content (AvgIpc) is 3.69. The first-order valence-corrected chi connectivity index (χ1v) is 15.5. The third kappa shape index (κ3) is 3.49. The zero-order chi connectivity index (χ0) is 27.6. The summed E-state index contributed by atoms with van der Waals surface area (Å²) in [6.45, 7) is 0. The number of rotatable bonds is 3. The van der Waals surface area contributed by atoms with E-state index in [1.807, 2.05) is 11.3 Å². The molecule has 0 N–H and O–H groups in total. The first-order valence-electron chi connectivity index (χ1n) is 14.6. The van der Waals surface area contributed by atoms with Gasteiger partial charge in [0, 0.05) is 27.6 Å². The van der Waals surface area contributed by atoms with Gasteiger partial charge in [-0.1, -0.05) is 115 Å². The maximum atomic E-state index is 2.65. The van der Waals surface area contributed by atoms with Crippen LogP contribution < -0.4 is 4.90 Å². The van der Waals surface area contributed by atoms with Crippen molar-refractivity contribution >= 4 is 32.8 Å². The van der Waals surface area contributed by atoms with E-state index < -0.39 is 0 Å². The monoisotopic (exact) mass is 553 g/mol. The molecule has 7 aromatic rings. The molecule has 1 nitrogen and oxygen atoms in total. The summed E-state index contributed by atoms with van der Waals surface area (Å²) in [6, 6.07) is 54.0. The molecule has 198 valence electrons. The molecule has 9 rings (SSSR count). The van der Waals surface area contributed by atoms with Gasteiger partial charge in [0.15, 0.2) is 0 Å². The van der Waals surface area contributed by atoms with E-state index in [4.69, 9.17) is 0 Å². The predicted octanol–water partition coefficient (Wildman–Crippen LogP) is 11.2. The van der Waals surface area contributed by atoms with Crippen LogP contribution in [-0.4, -0.2) is 0 Å². The number of thiophene rings is 1. The lowest BCUT2D eigenvalue weighted by atomic mass is 9.74. The Morgan fingerprint density at radius 3 is 1.79 bits per heavy atom. The fourth-order valence-corrected chi connectivity index (χ4v) is 8.30. The van der Waals surface area contributed by atoms with Gasteiger partial charge in [0.1, 0.15) is 0 Å². The molecule has 2 heteroatoms. The second-order valence-corrected chi connectivity index (χ2v) is 12.2. The molecule has 6 aromatic carbocycles. The van der Waals surface area contributed by atoms with Crippen molar-refractivity contribution in [2.24, 2.45) is 0 Å². The highest BCUT2D eigenvalue weighted by molar-refractivity contribution is 7.17. The summed E-state index contributed by atoms with van der Waals surface area (Å²) in [4.78, 5) is 2.65. The van der Waals surface area contributed by atoms with Gasteiger partial charge in [0.05, 0.1) is 6.04 Å². The molecule has 0 bridgehead atoms. The van der Waals surface area contributed by atoms with Gasteiger partial charge in [0.25, 0.3) is 0 Å². The molecular formula is C40H27NS. The molecule has 0 fully saturated rings. The third-order valence-electron chi connectivity index (χ3n) is 9.08. The normalized spacial score (nSPS) is 16.5. The Morgan fingerprint density at radius 2 is 1.10 bits per heavy atom. The fourth-order valence-electron chi connectivity index (χ4n) is 7.31. The van der Waals surface area contributed by atoms with Crippen molar-refractivity contribution < 1.29 is 0 Å². The number of hydrogen-bond acceptors (Lipinski definition) is 2. The van der Waals surface area contributed by atoms with Crippen molar-refractivity contribution in [2.75, 3.05) is 4.90 Å². The predicted molar refractivity (Wildman–Crippen MR) is 178 cm³/mol. The van der Waals surface area contributed by atoms with Crippen molar-refractivity contribution in [3.8, 4) is 33.4 Å². The molecule has 0 saturated heterocycles. The van der Waals surface area contributed by atoms with Gasteiger partial charge in [-0.15, -0.1) is 11.3 Å². The van der Waals surface area contributed by atoms with Gasteiger partial charge in [-0.3, -0.25) is 0 Å². The van der Waals surface area contributed by atoms with Crippen LogP contribution in [0, 0.1) is 0 Å². The number of hydrogen-bond donors (Lipinski definition) is 0. The zero-order valence-corrected chi connectivity index (χ0v) is 23.8. The highest BCUT2D eigenvalue weighted by Gasteiger charge is 2.46. The summed E-state index contributed by atoms with van der Waals surface area (Å²) < 4.78 is 1.40. The molecule has 42 heavy (non-hydrogen) atoms. The van der Waals surface area contributed by atoms with E-state index in [1.54, 1.807) is 0 Å². The van der Waals surface area contributed by atoms with Crippen LogP contribution in [0.15, 0.2) is 151 Å². The van der Waals surface area contributed by atoms with E-state index in [0.29, 0.717) is 0 Å². The van der Waals surface area contributed by atoms with Crippen molar-refractivity contribution in [3.63, 3.8) is 0 Å². The SMILES string of the molecule is c1ccc(-c2cc(-c3ccccc3)cc(N3c4ccc5ccsc5c4C4c5ccccc5-c5ccccc5C43)c2)cc1. The van der Waals surface area contributed by atoms with Crippen LogP contribution in [0.2, 0.25) is 0 Å². The van der Waals surface area contributed by atoms with E-state index in [9.17, 15) is 0 Å². The minimum atomic E-state index is 0.161. The summed E-state index contributed by atoms with van der Waals surface area (Å²) in [5, 5.41) is 3.58. The first-order chi connectivity index (χ1) is 20.8. The molecule has 2 aliphatic rings. The van der Waals surface area contributed by atoms with Crippen LogP contribution in [0.25, 0.3) is 43.5 Å². The van der Waals surface area contributed by atoms with E-state index in [2.05, 4.69) is 156 Å². The van der Waals surface area contributed by atoms with Crippen LogP contribution in [0.5, 0.6) is 0 Å². The minimum Gasteiger partial charge on any atom is -0.333 e. The molecule has 2 unspecified atom stereocenters. The molecule has 2 atom stereocenters. The second kappa shape index (κ2) is 9.30. The van der Waals surface area contributed by atoms with E-state index in [0.717, 1.165) is 0 Å². The van der Waals surface area contributed by atoms with E-state index >= 15 is 0 Å². The Kier molecular flexibility index (Phi) is 5.26. The molecule has 2 heterocycles. The molecule has 1 aliphatic heterocycles. The third-order valence-corrected chi connectivity index (χ3v) is 10.0. The van der Waals surface area contributed by atoms with E-state index in [1.165, 1.54) is 71.5 Å². The molecule has 0 saturated carbocycles. The van der Waals surface area contributed by atoms with Crippen LogP contribution >= 0.6 is 11.3 Å². The number of nitrogens with zero attached hydrogens (tertiary/aromatic N) is 1. The van der Waals surface area contributed by atoms with Gasteiger partial charge in [-0.2, -0.15) is 0 Å². The van der Waals surface area contributed by atoms with Crippen molar-refractivity contribution in [3.05, 3.63) is 168 Å². The summed E-state index contributed by atoms with van der Waals surface area (Å²) in [6.07, 6.45) is 0. The topological polar surface area (TPSA) is 3.24 Å². The Balaban J connectivity index is 1.36. The Labute approximate surface area is 250 Å². The maximum absolute atomic E-state index is 2.65. The molecule has 1 aliphatic carbocycles. The first kappa shape index (κ1) is 23.8. The molecule has 0 spiro atoms. The second-order valence-electron chi connectivity index (χ2n) is 11.3. The Hall–Kier alpha value is -4.92. The smallest absolute Gasteiger partial charge is 0.0708 e. The van der Waals surface area contributed by atoms with Gasteiger partial charge in [0.2, 0.25) is 0 Å². The number of fused-ring (bicyclic) bond motifs is 10. The van der Waals surface area contributed by atoms with Crippen LogP contribution in [0.4, 0.5) is 11.4 Å². The molecular weight excluding hydrogens is 527 g/mol. The van der Waals surface area contributed by atoms with Gasteiger partial charge in [-0.05, 0) is 85.6 Å². The summed E-state index contributed by atoms with van der Waals surface area (Å²) in [5.41, 5.74) is 14.5. The summed E-state index contributed by atoms with van der Waals surface area (Å²) >= 11 is 1.87. The van der Waals surface area contributed by atoms with Gasteiger partial charge in [-0.25, -0.2) is 0 Å². The maximum Gasteiger partial charge on any atom is 0.0708 e.